The molecule has 184 valence electrons. The van der Waals surface area contributed by atoms with E-state index >= 15 is 0 Å². The van der Waals surface area contributed by atoms with Gasteiger partial charge in [-0.1, -0.05) is 18.2 Å². The fraction of sp³-hybridized carbons (Fsp3) is 0.250. The number of amides is 1. The Hall–Kier alpha value is -3.44. The van der Waals surface area contributed by atoms with Crippen LogP contribution in [0.1, 0.15) is 15.9 Å². The number of aromatic nitrogens is 1. The van der Waals surface area contributed by atoms with Crippen LogP contribution in [0.4, 0.5) is 24.5 Å². The fourth-order valence-corrected chi connectivity index (χ4v) is 4.66. The van der Waals surface area contributed by atoms with Gasteiger partial charge in [-0.2, -0.15) is 13.2 Å². The number of nitrogens with zero attached hydrogens (tertiary/aromatic N) is 4. The summed E-state index contributed by atoms with van der Waals surface area (Å²) in [6, 6.07) is 15.8. The van der Waals surface area contributed by atoms with Gasteiger partial charge in [-0.25, -0.2) is 8.42 Å². The molecule has 0 saturated carbocycles. The summed E-state index contributed by atoms with van der Waals surface area (Å²) >= 11 is 0. The number of hydrogen-bond acceptors (Lipinski definition) is 6. The highest BCUT2D eigenvalue weighted by Gasteiger charge is 2.46. The standard InChI is InChI=1S/C24H23F3N4O3S/c1-29(19-5-3-2-4-6-19)23(32)22-15-28-12-11-18(22)16-30-13-14-31(17-30)20-7-9-21(10-8-20)35(33,34)24(25,26)27/h2-12,15H,13-14,16-17H2,1H3. The van der Waals surface area contributed by atoms with Crippen molar-refractivity contribution in [2.45, 2.75) is 16.9 Å². The summed E-state index contributed by atoms with van der Waals surface area (Å²) in [5, 5.41) is 0. The molecular weight excluding hydrogens is 481 g/mol. The maximum Gasteiger partial charge on any atom is 0.501 e. The molecule has 1 aliphatic rings. The van der Waals surface area contributed by atoms with Gasteiger partial charge in [-0.15, -0.1) is 0 Å². The second-order valence-electron chi connectivity index (χ2n) is 8.13. The molecule has 1 saturated heterocycles. The molecule has 0 N–H and O–H groups in total. The van der Waals surface area contributed by atoms with Gasteiger partial charge in [0.15, 0.2) is 0 Å². The zero-order chi connectivity index (χ0) is 25.2. The average Bonchev–Trinajstić information content (AvgIpc) is 3.32. The van der Waals surface area contributed by atoms with Crippen LogP contribution in [0.3, 0.4) is 0 Å². The van der Waals surface area contributed by atoms with Crippen molar-refractivity contribution >= 4 is 27.1 Å². The topological polar surface area (TPSA) is 73.8 Å². The van der Waals surface area contributed by atoms with Gasteiger partial charge in [-0.05, 0) is 48.0 Å². The van der Waals surface area contributed by atoms with E-state index < -0.39 is 20.2 Å². The molecular formula is C24H23F3N4O3S. The SMILES string of the molecule is CN(C(=O)c1cnccc1CN1CCN(c2ccc(S(=O)(=O)C(F)(F)F)cc2)C1)c1ccccc1. The summed E-state index contributed by atoms with van der Waals surface area (Å²) in [6.45, 7) is 2.20. The number of halogens is 3. The maximum absolute atomic E-state index is 13.1. The van der Waals surface area contributed by atoms with Gasteiger partial charge < -0.3 is 9.80 Å². The molecule has 1 aromatic heterocycles. The molecule has 2 aromatic carbocycles. The molecule has 0 atom stereocenters. The predicted octanol–water partition coefficient (Wildman–Crippen LogP) is 3.93. The van der Waals surface area contributed by atoms with Crippen LogP contribution in [-0.4, -0.2) is 56.5 Å². The van der Waals surface area contributed by atoms with Crippen molar-refractivity contribution in [3.63, 3.8) is 0 Å². The van der Waals surface area contributed by atoms with Crippen LogP contribution in [0.15, 0.2) is 78.0 Å². The lowest BCUT2D eigenvalue weighted by Crippen LogP contribution is -2.29. The van der Waals surface area contributed by atoms with Gasteiger partial charge >= 0.3 is 5.51 Å². The molecule has 0 radical (unpaired) electrons. The molecule has 2 heterocycles. The highest BCUT2D eigenvalue weighted by molar-refractivity contribution is 7.92. The Balaban J connectivity index is 1.45. The van der Waals surface area contributed by atoms with Crippen LogP contribution in [0, 0.1) is 0 Å². The first-order chi connectivity index (χ1) is 16.6. The Morgan fingerprint density at radius 2 is 1.71 bits per heavy atom. The van der Waals surface area contributed by atoms with E-state index in [0.717, 1.165) is 23.4 Å². The third-order valence-corrected chi connectivity index (χ3v) is 7.36. The monoisotopic (exact) mass is 504 g/mol. The number of carbonyl (C=O) groups is 1. The van der Waals surface area contributed by atoms with Gasteiger partial charge in [0.1, 0.15) is 0 Å². The van der Waals surface area contributed by atoms with Crippen molar-refractivity contribution in [1.82, 2.24) is 9.88 Å². The van der Waals surface area contributed by atoms with E-state index in [1.54, 1.807) is 30.4 Å². The summed E-state index contributed by atoms with van der Waals surface area (Å²) in [6.07, 6.45) is 3.17. The lowest BCUT2D eigenvalue weighted by Gasteiger charge is -2.22. The van der Waals surface area contributed by atoms with Gasteiger partial charge in [0, 0.05) is 50.5 Å². The Morgan fingerprint density at radius 3 is 2.37 bits per heavy atom. The third kappa shape index (κ3) is 5.15. The Morgan fingerprint density at radius 1 is 1.03 bits per heavy atom. The quantitative estimate of drug-likeness (QED) is 0.507. The van der Waals surface area contributed by atoms with E-state index in [0.29, 0.717) is 37.6 Å². The minimum absolute atomic E-state index is 0.184. The zero-order valence-electron chi connectivity index (χ0n) is 18.8. The number of pyridine rings is 1. The van der Waals surface area contributed by atoms with Crippen molar-refractivity contribution in [1.29, 1.82) is 0 Å². The van der Waals surface area contributed by atoms with Gasteiger partial charge in [0.05, 0.1) is 17.1 Å². The van der Waals surface area contributed by atoms with E-state index in [2.05, 4.69) is 9.88 Å². The molecule has 1 fully saturated rings. The van der Waals surface area contributed by atoms with Gasteiger partial charge in [-0.3, -0.25) is 14.7 Å². The molecule has 3 aromatic rings. The average molecular weight is 505 g/mol. The first-order valence-corrected chi connectivity index (χ1v) is 12.2. The number of anilines is 2. The number of benzene rings is 2. The zero-order valence-corrected chi connectivity index (χ0v) is 19.6. The highest BCUT2D eigenvalue weighted by atomic mass is 32.2. The molecule has 1 amide bonds. The van der Waals surface area contributed by atoms with E-state index in [4.69, 9.17) is 0 Å². The number of carbonyl (C=O) groups excluding carboxylic acids is 1. The maximum atomic E-state index is 13.1. The lowest BCUT2D eigenvalue weighted by molar-refractivity contribution is -0.0436. The smallest absolute Gasteiger partial charge is 0.357 e. The molecule has 4 rings (SSSR count). The van der Waals surface area contributed by atoms with E-state index in [1.165, 1.54) is 12.1 Å². The van der Waals surface area contributed by atoms with E-state index in [-0.39, 0.29) is 5.91 Å². The second kappa shape index (κ2) is 9.67. The summed E-state index contributed by atoms with van der Waals surface area (Å²) in [5.41, 5.74) is -2.67. The molecule has 0 bridgehead atoms. The van der Waals surface area contributed by atoms with E-state index in [9.17, 15) is 26.4 Å². The lowest BCUT2D eigenvalue weighted by atomic mass is 10.1. The Kier molecular flexibility index (Phi) is 6.82. The van der Waals surface area contributed by atoms with Crippen molar-refractivity contribution < 1.29 is 26.4 Å². The summed E-state index contributed by atoms with van der Waals surface area (Å²) in [7, 11) is -3.68. The van der Waals surface area contributed by atoms with Crippen molar-refractivity contribution in [3.05, 3.63) is 84.2 Å². The Labute approximate surface area is 201 Å². The number of para-hydroxylation sites is 1. The fourth-order valence-electron chi connectivity index (χ4n) is 3.90. The predicted molar refractivity (Wildman–Crippen MR) is 126 cm³/mol. The highest BCUT2D eigenvalue weighted by Crippen LogP contribution is 2.31. The van der Waals surface area contributed by atoms with Crippen LogP contribution in [0.5, 0.6) is 0 Å². The van der Waals surface area contributed by atoms with Crippen LogP contribution < -0.4 is 9.80 Å². The number of hydrogen-bond donors (Lipinski definition) is 0. The largest absolute Gasteiger partial charge is 0.501 e. The molecule has 0 aliphatic carbocycles. The van der Waals surface area contributed by atoms with Crippen LogP contribution in [-0.2, 0) is 16.4 Å². The number of rotatable bonds is 6. The van der Waals surface area contributed by atoms with Crippen LogP contribution >= 0.6 is 0 Å². The molecule has 1 aliphatic heterocycles. The minimum Gasteiger partial charge on any atom is -0.357 e. The van der Waals surface area contributed by atoms with Crippen LogP contribution in [0.25, 0.3) is 0 Å². The minimum atomic E-state index is -5.38. The summed E-state index contributed by atoms with van der Waals surface area (Å²) in [5.74, 6) is -0.184. The molecule has 35 heavy (non-hydrogen) atoms. The summed E-state index contributed by atoms with van der Waals surface area (Å²) in [4.78, 5) is 22.1. The molecule has 0 unspecified atom stereocenters. The second-order valence-corrected chi connectivity index (χ2v) is 10.1. The Bertz CT molecular complexity index is 1300. The van der Waals surface area contributed by atoms with Gasteiger partial charge in [0.2, 0.25) is 0 Å². The van der Waals surface area contributed by atoms with Crippen molar-refractivity contribution in [3.8, 4) is 0 Å². The molecule has 11 heteroatoms. The van der Waals surface area contributed by atoms with Crippen LogP contribution in [0.2, 0.25) is 0 Å². The number of sulfone groups is 1. The number of alkyl halides is 3. The molecule has 0 spiro atoms. The molecule has 7 nitrogen and oxygen atoms in total. The summed E-state index contributed by atoms with van der Waals surface area (Å²) < 4.78 is 61.5. The third-order valence-electron chi connectivity index (χ3n) is 5.86. The van der Waals surface area contributed by atoms with Crippen molar-refractivity contribution in [2.24, 2.45) is 0 Å². The van der Waals surface area contributed by atoms with Crippen molar-refractivity contribution in [2.75, 3.05) is 36.6 Å². The first kappa shape index (κ1) is 24.7. The van der Waals surface area contributed by atoms with E-state index in [1.807, 2.05) is 35.2 Å². The first-order valence-electron chi connectivity index (χ1n) is 10.7. The normalized spacial score (nSPS) is 14.8. The van der Waals surface area contributed by atoms with Gasteiger partial charge in [0.25, 0.3) is 15.7 Å².